The number of carboxylic acid groups (broad SMARTS) is 1. The van der Waals surface area contributed by atoms with Crippen molar-refractivity contribution in [1.29, 1.82) is 0 Å². The van der Waals surface area contributed by atoms with Crippen LogP contribution < -0.4 is 10.6 Å². The third-order valence-electron chi connectivity index (χ3n) is 2.54. The minimum atomic E-state index is -1.18. The maximum absolute atomic E-state index is 11.9. The average molecular weight is 299 g/mol. The van der Waals surface area contributed by atoms with E-state index in [1.54, 1.807) is 6.92 Å². The molecule has 116 valence electrons. The molecule has 2 atom stereocenters. The second kappa shape index (κ2) is 7.39. The molecule has 0 aromatic carbocycles. The van der Waals surface area contributed by atoms with E-state index in [0.29, 0.717) is 5.76 Å². The molecule has 0 aliphatic rings. The second-order valence-corrected chi connectivity index (χ2v) is 4.37. The fraction of sp³-hybridized carbons (Fsp3) is 0.500. The molecule has 0 saturated heterocycles. The van der Waals surface area contributed by atoms with E-state index < -0.39 is 29.9 Å². The van der Waals surface area contributed by atoms with Crippen LogP contribution >= 0.6 is 0 Å². The number of aromatic nitrogens is 1. The molecule has 3 N–H and O–H groups in total. The molecule has 9 heteroatoms. The van der Waals surface area contributed by atoms with Crippen molar-refractivity contribution in [3.8, 4) is 0 Å². The standard InChI is InChI=1S/C12H17N3O6/c1-6-4-8(15-21-6)10(16)14-9(5-20-3)11(17)13-7(2)12(18)19/h4,7,9H,5H2,1-3H3,(H,13,17)(H,14,16)(H,18,19)/t7-,9-/m0/s1. The SMILES string of the molecule is COC[C@H](NC(=O)c1cc(C)on1)C(=O)N[C@@H](C)C(=O)O. The number of methoxy groups -OCH3 is 1. The highest BCUT2D eigenvalue weighted by molar-refractivity contribution is 5.96. The van der Waals surface area contributed by atoms with Gasteiger partial charge < -0.3 is 25.0 Å². The van der Waals surface area contributed by atoms with E-state index in [1.807, 2.05) is 0 Å². The fourth-order valence-corrected chi connectivity index (χ4v) is 1.43. The molecule has 0 unspecified atom stereocenters. The zero-order chi connectivity index (χ0) is 16.0. The first-order chi connectivity index (χ1) is 9.85. The zero-order valence-electron chi connectivity index (χ0n) is 11.9. The first-order valence-electron chi connectivity index (χ1n) is 6.11. The molecule has 0 radical (unpaired) electrons. The third kappa shape index (κ3) is 4.88. The van der Waals surface area contributed by atoms with Gasteiger partial charge in [0.15, 0.2) is 5.69 Å². The Balaban J connectivity index is 2.70. The number of aliphatic carboxylic acids is 1. The molecule has 0 saturated carbocycles. The van der Waals surface area contributed by atoms with Gasteiger partial charge in [-0.1, -0.05) is 5.16 Å². The first-order valence-corrected chi connectivity index (χ1v) is 6.11. The van der Waals surface area contributed by atoms with Crippen LogP contribution in [-0.4, -0.2) is 53.8 Å². The number of aryl methyl sites for hydroxylation is 1. The lowest BCUT2D eigenvalue weighted by molar-refractivity contribution is -0.141. The minimum Gasteiger partial charge on any atom is -0.480 e. The van der Waals surface area contributed by atoms with Crippen molar-refractivity contribution in [3.05, 3.63) is 17.5 Å². The Morgan fingerprint density at radius 3 is 2.57 bits per heavy atom. The molecule has 0 bridgehead atoms. The van der Waals surface area contributed by atoms with Crippen LogP contribution in [0.25, 0.3) is 0 Å². The van der Waals surface area contributed by atoms with E-state index in [-0.39, 0.29) is 12.3 Å². The van der Waals surface area contributed by atoms with E-state index in [2.05, 4.69) is 15.8 Å². The van der Waals surface area contributed by atoms with E-state index in [9.17, 15) is 14.4 Å². The van der Waals surface area contributed by atoms with Crippen LogP contribution in [0.15, 0.2) is 10.6 Å². The van der Waals surface area contributed by atoms with Crippen molar-refractivity contribution < 1.29 is 28.8 Å². The topological polar surface area (TPSA) is 131 Å². The molecule has 0 aliphatic carbocycles. The number of amides is 2. The summed E-state index contributed by atoms with van der Waals surface area (Å²) in [5, 5.41) is 16.9. The summed E-state index contributed by atoms with van der Waals surface area (Å²) < 4.78 is 9.61. The second-order valence-electron chi connectivity index (χ2n) is 4.37. The van der Waals surface area contributed by atoms with Gasteiger partial charge in [0.25, 0.3) is 5.91 Å². The van der Waals surface area contributed by atoms with Gasteiger partial charge in [-0.2, -0.15) is 0 Å². The van der Waals surface area contributed by atoms with E-state index >= 15 is 0 Å². The number of hydrogen-bond donors (Lipinski definition) is 3. The zero-order valence-corrected chi connectivity index (χ0v) is 11.9. The Hall–Kier alpha value is -2.42. The van der Waals surface area contributed by atoms with Gasteiger partial charge in [0.05, 0.1) is 6.61 Å². The normalized spacial score (nSPS) is 13.3. The summed E-state index contributed by atoms with van der Waals surface area (Å²) in [5.74, 6) is -2.02. The Bertz CT molecular complexity index is 527. The molecule has 9 nitrogen and oxygen atoms in total. The molecule has 21 heavy (non-hydrogen) atoms. The van der Waals surface area contributed by atoms with E-state index in [0.717, 1.165) is 0 Å². The maximum Gasteiger partial charge on any atom is 0.325 e. The number of nitrogens with one attached hydrogen (secondary N) is 2. The van der Waals surface area contributed by atoms with Crippen molar-refractivity contribution in [2.45, 2.75) is 25.9 Å². The van der Waals surface area contributed by atoms with Crippen LogP contribution in [0, 0.1) is 6.92 Å². The number of ether oxygens (including phenoxy) is 1. The molecule has 1 aromatic heterocycles. The van der Waals surface area contributed by atoms with E-state index in [1.165, 1.54) is 20.1 Å². The average Bonchev–Trinajstić information content (AvgIpc) is 2.84. The highest BCUT2D eigenvalue weighted by Crippen LogP contribution is 2.02. The molecule has 2 amide bonds. The number of rotatable bonds is 7. The predicted molar refractivity (Wildman–Crippen MR) is 69.6 cm³/mol. The Kier molecular flexibility index (Phi) is 5.85. The van der Waals surface area contributed by atoms with Gasteiger partial charge in [0, 0.05) is 13.2 Å². The number of carbonyl (C=O) groups excluding carboxylic acids is 2. The lowest BCUT2D eigenvalue weighted by Crippen LogP contribution is -2.52. The maximum atomic E-state index is 11.9. The van der Waals surface area contributed by atoms with Gasteiger partial charge in [0.2, 0.25) is 5.91 Å². The Morgan fingerprint density at radius 1 is 1.43 bits per heavy atom. The largest absolute Gasteiger partial charge is 0.480 e. The Labute approximate surface area is 120 Å². The molecule has 0 fully saturated rings. The predicted octanol–water partition coefficient (Wildman–Crippen LogP) is -0.683. The van der Waals surface area contributed by atoms with Crippen LogP contribution in [0.4, 0.5) is 0 Å². The lowest BCUT2D eigenvalue weighted by Gasteiger charge is -2.18. The van der Waals surface area contributed by atoms with Gasteiger partial charge in [-0.25, -0.2) is 0 Å². The van der Waals surface area contributed by atoms with Crippen molar-refractivity contribution in [2.24, 2.45) is 0 Å². The smallest absolute Gasteiger partial charge is 0.325 e. The van der Waals surface area contributed by atoms with Crippen LogP contribution in [0.5, 0.6) is 0 Å². The van der Waals surface area contributed by atoms with Gasteiger partial charge in [-0.3, -0.25) is 14.4 Å². The monoisotopic (exact) mass is 299 g/mol. The third-order valence-corrected chi connectivity index (χ3v) is 2.54. The van der Waals surface area contributed by atoms with Crippen molar-refractivity contribution in [2.75, 3.05) is 13.7 Å². The summed E-state index contributed by atoms with van der Waals surface area (Å²) in [6.07, 6.45) is 0. The number of hydrogen-bond acceptors (Lipinski definition) is 6. The minimum absolute atomic E-state index is 0.0210. The van der Waals surface area contributed by atoms with Gasteiger partial charge in [-0.05, 0) is 13.8 Å². The molecule has 1 rings (SSSR count). The highest BCUT2D eigenvalue weighted by Gasteiger charge is 2.25. The van der Waals surface area contributed by atoms with Crippen LogP contribution in [0.2, 0.25) is 0 Å². The first kappa shape index (κ1) is 16.6. The highest BCUT2D eigenvalue weighted by atomic mass is 16.5. The van der Waals surface area contributed by atoms with Crippen molar-refractivity contribution >= 4 is 17.8 Å². The van der Waals surface area contributed by atoms with Gasteiger partial charge in [0.1, 0.15) is 17.8 Å². The van der Waals surface area contributed by atoms with Crippen molar-refractivity contribution in [3.63, 3.8) is 0 Å². The summed E-state index contributed by atoms with van der Waals surface area (Å²) in [4.78, 5) is 34.5. The van der Waals surface area contributed by atoms with Crippen LogP contribution in [-0.2, 0) is 14.3 Å². The van der Waals surface area contributed by atoms with Crippen LogP contribution in [0.1, 0.15) is 23.2 Å². The fourth-order valence-electron chi connectivity index (χ4n) is 1.43. The molecule has 0 aliphatic heterocycles. The van der Waals surface area contributed by atoms with Crippen molar-refractivity contribution in [1.82, 2.24) is 15.8 Å². The molecule has 1 heterocycles. The summed E-state index contributed by atoms with van der Waals surface area (Å²) in [6, 6.07) is -0.707. The summed E-state index contributed by atoms with van der Waals surface area (Å²) in [6.45, 7) is 2.82. The lowest BCUT2D eigenvalue weighted by atomic mass is 10.2. The molecular weight excluding hydrogens is 282 g/mol. The summed E-state index contributed by atoms with van der Waals surface area (Å²) >= 11 is 0. The quantitative estimate of drug-likeness (QED) is 0.607. The molecule has 1 aromatic rings. The van der Waals surface area contributed by atoms with Crippen LogP contribution in [0.3, 0.4) is 0 Å². The number of nitrogens with zero attached hydrogens (tertiary/aromatic N) is 1. The van der Waals surface area contributed by atoms with E-state index in [4.69, 9.17) is 14.4 Å². The van der Waals surface area contributed by atoms with Gasteiger partial charge >= 0.3 is 5.97 Å². The molecular formula is C12H17N3O6. The molecule has 0 spiro atoms. The Morgan fingerprint density at radius 2 is 2.10 bits per heavy atom. The number of carboxylic acids is 1. The van der Waals surface area contributed by atoms with Gasteiger partial charge in [-0.15, -0.1) is 0 Å². The number of carbonyl (C=O) groups is 3. The summed E-state index contributed by atoms with van der Waals surface area (Å²) in [5.41, 5.74) is 0.0210. The summed E-state index contributed by atoms with van der Waals surface area (Å²) in [7, 11) is 1.35.